The lowest BCUT2D eigenvalue weighted by atomic mass is 10.0. The number of hydrogen-bond acceptors (Lipinski definition) is 9. The maximum Gasteiger partial charge on any atom is 0.229 e. The average Bonchev–Trinajstić information content (AvgIpc) is 2.95. The first-order valence-electron chi connectivity index (χ1n) is 14.2. The molecule has 2 aliphatic rings. The Balaban J connectivity index is 1.51. The number of benzene rings is 1. The van der Waals surface area contributed by atoms with Gasteiger partial charge in [-0.2, -0.15) is 9.97 Å². The van der Waals surface area contributed by atoms with E-state index >= 15 is 0 Å². The topological polar surface area (TPSA) is 84.9 Å². The highest BCUT2D eigenvalue weighted by Crippen LogP contribution is 2.31. The summed E-state index contributed by atoms with van der Waals surface area (Å²) in [5.41, 5.74) is 3.75. The van der Waals surface area contributed by atoms with Crippen molar-refractivity contribution in [3.63, 3.8) is 0 Å². The zero-order valence-electron chi connectivity index (χ0n) is 23.9. The molecule has 210 valence electrons. The lowest BCUT2D eigenvalue weighted by Gasteiger charge is -2.34. The Morgan fingerprint density at radius 3 is 2.54 bits per heavy atom. The zero-order chi connectivity index (χ0) is 27.4. The molecule has 5 rings (SSSR count). The lowest BCUT2D eigenvalue weighted by molar-refractivity contribution is 0.0981. The van der Waals surface area contributed by atoms with Gasteiger partial charge in [-0.25, -0.2) is 4.98 Å². The molecule has 1 aromatic carbocycles. The molecule has 0 radical (unpaired) electrons. The standard InChI is InChI=1S/C30H42N6O3/c1-20(2)16-21(3)31-18-24-17-23(6-9-27(24)37-5)26-8-7-25-28(32-26)33-30(36-12-15-39-19-22(36)4)34-29(25)35-10-13-38-14-11-35/h6-9,17,20-22,31H,10-16,18-19H2,1-5H3/t21?,22-/m0/s1. The van der Waals surface area contributed by atoms with E-state index < -0.39 is 0 Å². The fourth-order valence-electron chi connectivity index (χ4n) is 5.46. The van der Waals surface area contributed by atoms with Crippen LogP contribution in [0.15, 0.2) is 30.3 Å². The third kappa shape index (κ3) is 6.42. The number of hydrogen-bond donors (Lipinski definition) is 1. The van der Waals surface area contributed by atoms with Crippen LogP contribution in [0.3, 0.4) is 0 Å². The molecule has 0 spiro atoms. The Morgan fingerprint density at radius 1 is 1.00 bits per heavy atom. The number of aromatic nitrogens is 3. The van der Waals surface area contributed by atoms with Crippen molar-refractivity contribution in [1.29, 1.82) is 0 Å². The van der Waals surface area contributed by atoms with E-state index in [1.165, 1.54) is 0 Å². The van der Waals surface area contributed by atoms with Crippen LogP contribution in [0.5, 0.6) is 5.75 Å². The summed E-state index contributed by atoms with van der Waals surface area (Å²) in [6.07, 6.45) is 1.13. The highest BCUT2D eigenvalue weighted by Gasteiger charge is 2.25. The molecule has 0 saturated carbocycles. The first-order valence-corrected chi connectivity index (χ1v) is 14.2. The van der Waals surface area contributed by atoms with E-state index in [-0.39, 0.29) is 6.04 Å². The molecule has 9 nitrogen and oxygen atoms in total. The van der Waals surface area contributed by atoms with E-state index in [1.54, 1.807) is 7.11 Å². The van der Waals surface area contributed by atoms with Crippen molar-refractivity contribution >= 4 is 22.8 Å². The van der Waals surface area contributed by atoms with Crippen LogP contribution in [0.4, 0.5) is 11.8 Å². The summed E-state index contributed by atoms with van der Waals surface area (Å²) < 4.78 is 17.0. The summed E-state index contributed by atoms with van der Waals surface area (Å²) in [4.78, 5) is 19.7. The first kappa shape index (κ1) is 27.6. The Hall–Kier alpha value is -3.01. The van der Waals surface area contributed by atoms with Crippen LogP contribution < -0.4 is 19.9 Å². The van der Waals surface area contributed by atoms with Crippen molar-refractivity contribution in [2.75, 3.05) is 63.0 Å². The average molecular weight is 535 g/mol. The molecule has 39 heavy (non-hydrogen) atoms. The summed E-state index contributed by atoms with van der Waals surface area (Å²) in [5.74, 6) is 3.17. The lowest BCUT2D eigenvalue weighted by Crippen LogP contribution is -2.45. The minimum atomic E-state index is 0.201. The molecular weight excluding hydrogens is 492 g/mol. The minimum Gasteiger partial charge on any atom is -0.496 e. The molecule has 0 aliphatic carbocycles. The van der Waals surface area contributed by atoms with Crippen LogP contribution in [0.2, 0.25) is 0 Å². The zero-order valence-corrected chi connectivity index (χ0v) is 23.9. The molecule has 2 saturated heterocycles. The highest BCUT2D eigenvalue weighted by molar-refractivity contribution is 5.90. The fourth-order valence-corrected chi connectivity index (χ4v) is 5.46. The molecule has 2 aliphatic heterocycles. The monoisotopic (exact) mass is 534 g/mol. The third-order valence-corrected chi connectivity index (χ3v) is 7.51. The van der Waals surface area contributed by atoms with Gasteiger partial charge in [-0.15, -0.1) is 0 Å². The van der Waals surface area contributed by atoms with Crippen molar-refractivity contribution in [3.8, 4) is 17.0 Å². The number of ether oxygens (including phenoxy) is 3. The van der Waals surface area contributed by atoms with Crippen molar-refractivity contribution in [2.24, 2.45) is 5.92 Å². The van der Waals surface area contributed by atoms with E-state index in [2.05, 4.69) is 67.1 Å². The van der Waals surface area contributed by atoms with Gasteiger partial charge < -0.3 is 29.3 Å². The van der Waals surface area contributed by atoms with Gasteiger partial charge in [-0.1, -0.05) is 13.8 Å². The molecule has 2 aromatic heterocycles. The largest absolute Gasteiger partial charge is 0.496 e. The van der Waals surface area contributed by atoms with Gasteiger partial charge in [0.2, 0.25) is 5.95 Å². The second-order valence-corrected chi connectivity index (χ2v) is 11.1. The number of nitrogens with one attached hydrogen (secondary N) is 1. The number of fused-ring (bicyclic) bond motifs is 1. The summed E-state index contributed by atoms with van der Waals surface area (Å²) in [6.45, 7) is 14.7. The summed E-state index contributed by atoms with van der Waals surface area (Å²) in [7, 11) is 1.72. The molecule has 1 N–H and O–H groups in total. The summed E-state index contributed by atoms with van der Waals surface area (Å²) in [5, 5.41) is 4.61. The Morgan fingerprint density at radius 2 is 1.79 bits per heavy atom. The molecule has 1 unspecified atom stereocenters. The van der Waals surface area contributed by atoms with Gasteiger partial charge in [0.05, 0.1) is 50.7 Å². The van der Waals surface area contributed by atoms with E-state index in [4.69, 9.17) is 29.2 Å². The predicted octanol–water partition coefficient (Wildman–Crippen LogP) is 4.29. The number of anilines is 2. The van der Waals surface area contributed by atoms with Crippen LogP contribution in [0.1, 0.15) is 39.7 Å². The fraction of sp³-hybridized carbons (Fsp3) is 0.567. The van der Waals surface area contributed by atoms with Gasteiger partial charge in [0.25, 0.3) is 0 Å². The van der Waals surface area contributed by atoms with Crippen LogP contribution in [0.25, 0.3) is 22.3 Å². The van der Waals surface area contributed by atoms with Crippen LogP contribution in [0, 0.1) is 5.92 Å². The summed E-state index contributed by atoms with van der Waals surface area (Å²) >= 11 is 0. The Kier molecular flexibility index (Phi) is 8.79. The number of morpholine rings is 2. The molecular formula is C30H42N6O3. The summed E-state index contributed by atoms with van der Waals surface area (Å²) in [6, 6.07) is 11.1. The van der Waals surface area contributed by atoms with E-state index in [0.717, 1.165) is 66.4 Å². The number of methoxy groups -OCH3 is 1. The van der Waals surface area contributed by atoms with Gasteiger partial charge in [-0.3, -0.25) is 0 Å². The SMILES string of the molecule is COc1ccc(-c2ccc3c(N4CCOCC4)nc(N4CCOC[C@@H]4C)nc3n2)cc1CNC(C)CC(C)C. The molecule has 4 heterocycles. The van der Waals surface area contributed by atoms with Gasteiger partial charge in [0.1, 0.15) is 11.6 Å². The van der Waals surface area contributed by atoms with Crippen LogP contribution in [-0.2, 0) is 16.0 Å². The third-order valence-electron chi connectivity index (χ3n) is 7.51. The Bertz CT molecular complexity index is 1260. The quantitative estimate of drug-likeness (QED) is 0.432. The van der Waals surface area contributed by atoms with Gasteiger partial charge >= 0.3 is 0 Å². The van der Waals surface area contributed by atoms with Crippen molar-refractivity contribution in [3.05, 3.63) is 35.9 Å². The molecule has 3 aromatic rings. The molecule has 9 heteroatoms. The molecule has 0 bridgehead atoms. The van der Waals surface area contributed by atoms with Gasteiger partial charge in [0, 0.05) is 43.3 Å². The maximum absolute atomic E-state index is 5.68. The molecule has 0 amide bonds. The normalized spacial score (nSPS) is 19.1. The first-order chi connectivity index (χ1) is 18.9. The van der Waals surface area contributed by atoms with Crippen LogP contribution >= 0.6 is 0 Å². The van der Waals surface area contributed by atoms with Crippen molar-refractivity contribution < 1.29 is 14.2 Å². The van der Waals surface area contributed by atoms with Gasteiger partial charge in [0.15, 0.2) is 5.65 Å². The van der Waals surface area contributed by atoms with Crippen LogP contribution in [-0.4, -0.2) is 80.2 Å². The minimum absolute atomic E-state index is 0.201. The molecule has 2 atom stereocenters. The number of pyridine rings is 1. The van der Waals surface area contributed by atoms with E-state index in [0.29, 0.717) is 50.0 Å². The van der Waals surface area contributed by atoms with Crippen molar-refractivity contribution in [2.45, 2.75) is 52.7 Å². The highest BCUT2D eigenvalue weighted by atomic mass is 16.5. The van der Waals surface area contributed by atoms with E-state index in [1.807, 2.05) is 6.07 Å². The predicted molar refractivity (Wildman–Crippen MR) is 156 cm³/mol. The molecule has 2 fully saturated rings. The Labute approximate surface area is 231 Å². The number of rotatable bonds is 9. The van der Waals surface area contributed by atoms with Crippen molar-refractivity contribution in [1.82, 2.24) is 20.3 Å². The number of nitrogens with zero attached hydrogens (tertiary/aromatic N) is 5. The van der Waals surface area contributed by atoms with E-state index in [9.17, 15) is 0 Å². The maximum atomic E-state index is 5.68. The smallest absolute Gasteiger partial charge is 0.229 e. The second-order valence-electron chi connectivity index (χ2n) is 11.1. The van der Waals surface area contributed by atoms with Gasteiger partial charge in [-0.05, 0) is 56.5 Å². The second kappa shape index (κ2) is 12.4.